The lowest BCUT2D eigenvalue weighted by Gasteiger charge is -2.05. The SMILES string of the molecule is CCc1nc(CN[C@H](C)C(=O)O)no1. The van der Waals surface area contributed by atoms with E-state index in [4.69, 9.17) is 9.63 Å². The van der Waals surface area contributed by atoms with Gasteiger partial charge in [0, 0.05) is 6.42 Å². The monoisotopic (exact) mass is 199 g/mol. The molecule has 0 fully saturated rings. The fourth-order valence-corrected chi connectivity index (χ4v) is 0.837. The third-order valence-corrected chi connectivity index (χ3v) is 1.75. The van der Waals surface area contributed by atoms with Crippen LogP contribution >= 0.6 is 0 Å². The van der Waals surface area contributed by atoms with E-state index in [-0.39, 0.29) is 0 Å². The third kappa shape index (κ3) is 2.81. The molecule has 0 radical (unpaired) electrons. The minimum atomic E-state index is -0.899. The van der Waals surface area contributed by atoms with Crippen LogP contribution in [-0.4, -0.2) is 27.3 Å². The molecule has 2 N–H and O–H groups in total. The van der Waals surface area contributed by atoms with Gasteiger partial charge in [-0.15, -0.1) is 0 Å². The van der Waals surface area contributed by atoms with Crippen LogP contribution in [0, 0.1) is 0 Å². The van der Waals surface area contributed by atoms with Gasteiger partial charge >= 0.3 is 5.97 Å². The lowest BCUT2D eigenvalue weighted by Crippen LogP contribution is -2.33. The van der Waals surface area contributed by atoms with Crippen LogP contribution in [0.1, 0.15) is 25.6 Å². The van der Waals surface area contributed by atoms with Crippen LogP contribution in [0.15, 0.2) is 4.52 Å². The second-order valence-corrected chi connectivity index (χ2v) is 2.90. The van der Waals surface area contributed by atoms with E-state index in [2.05, 4.69) is 15.5 Å². The van der Waals surface area contributed by atoms with Crippen molar-refractivity contribution in [2.75, 3.05) is 0 Å². The van der Waals surface area contributed by atoms with Gasteiger partial charge in [-0.25, -0.2) is 0 Å². The van der Waals surface area contributed by atoms with Crippen molar-refractivity contribution in [2.24, 2.45) is 0 Å². The van der Waals surface area contributed by atoms with Crippen LogP contribution in [-0.2, 0) is 17.8 Å². The molecule has 0 unspecified atom stereocenters. The molecule has 6 nitrogen and oxygen atoms in total. The van der Waals surface area contributed by atoms with Gasteiger partial charge in [0.25, 0.3) is 0 Å². The molecule has 1 rings (SSSR count). The van der Waals surface area contributed by atoms with E-state index in [1.54, 1.807) is 6.92 Å². The predicted molar refractivity (Wildman–Crippen MR) is 47.6 cm³/mol. The lowest BCUT2D eigenvalue weighted by atomic mass is 10.3. The Hall–Kier alpha value is -1.43. The summed E-state index contributed by atoms with van der Waals surface area (Å²) in [6.07, 6.45) is 0.682. The molecule has 1 atom stereocenters. The number of hydrogen-bond acceptors (Lipinski definition) is 5. The van der Waals surface area contributed by atoms with Crippen molar-refractivity contribution in [3.8, 4) is 0 Å². The van der Waals surface area contributed by atoms with Crippen LogP contribution < -0.4 is 5.32 Å². The summed E-state index contributed by atoms with van der Waals surface area (Å²) < 4.78 is 4.86. The quantitative estimate of drug-likeness (QED) is 0.704. The molecule has 78 valence electrons. The number of rotatable bonds is 5. The molecule has 0 bridgehead atoms. The van der Waals surface area contributed by atoms with Gasteiger partial charge in [-0.1, -0.05) is 12.1 Å². The number of carboxylic acid groups (broad SMARTS) is 1. The zero-order valence-corrected chi connectivity index (χ0v) is 8.15. The average Bonchev–Trinajstić information content (AvgIpc) is 2.61. The number of carbonyl (C=O) groups is 1. The Morgan fingerprint density at radius 2 is 2.43 bits per heavy atom. The number of aliphatic carboxylic acids is 1. The lowest BCUT2D eigenvalue weighted by molar-refractivity contribution is -0.139. The number of aromatic nitrogens is 2. The predicted octanol–water partition coefficient (Wildman–Crippen LogP) is 0.195. The zero-order valence-electron chi connectivity index (χ0n) is 8.15. The number of nitrogens with one attached hydrogen (secondary N) is 1. The Morgan fingerprint density at radius 3 is 2.93 bits per heavy atom. The van der Waals surface area contributed by atoms with Crippen LogP contribution in [0.3, 0.4) is 0 Å². The van der Waals surface area contributed by atoms with E-state index < -0.39 is 12.0 Å². The minimum absolute atomic E-state index is 0.303. The summed E-state index contributed by atoms with van der Waals surface area (Å²) in [5.41, 5.74) is 0. The summed E-state index contributed by atoms with van der Waals surface area (Å²) in [4.78, 5) is 14.5. The Kier molecular flexibility index (Phi) is 3.58. The largest absolute Gasteiger partial charge is 0.480 e. The molecule has 1 heterocycles. The Labute approximate surface area is 81.3 Å². The first-order valence-corrected chi connectivity index (χ1v) is 4.41. The van der Waals surface area contributed by atoms with Gasteiger partial charge in [-0.3, -0.25) is 10.1 Å². The minimum Gasteiger partial charge on any atom is -0.480 e. The van der Waals surface area contributed by atoms with Crippen molar-refractivity contribution in [2.45, 2.75) is 32.9 Å². The summed E-state index contributed by atoms with van der Waals surface area (Å²) >= 11 is 0. The average molecular weight is 199 g/mol. The topological polar surface area (TPSA) is 88.2 Å². The molecule has 1 aromatic heterocycles. The molecule has 0 aliphatic heterocycles. The highest BCUT2D eigenvalue weighted by molar-refractivity contribution is 5.72. The molecule has 0 amide bonds. The van der Waals surface area contributed by atoms with Crippen LogP contribution in [0.25, 0.3) is 0 Å². The van der Waals surface area contributed by atoms with Crippen LogP contribution in [0.5, 0.6) is 0 Å². The molecule has 0 saturated carbocycles. The highest BCUT2D eigenvalue weighted by atomic mass is 16.5. The third-order valence-electron chi connectivity index (χ3n) is 1.75. The van der Waals surface area contributed by atoms with Crippen molar-refractivity contribution in [3.05, 3.63) is 11.7 Å². The Morgan fingerprint density at radius 1 is 1.71 bits per heavy atom. The van der Waals surface area contributed by atoms with Crippen LogP contribution in [0.4, 0.5) is 0 Å². The Balaban J connectivity index is 2.41. The van der Waals surface area contributed by atoms with Gasteiger partial charge in [0.05, 0.1) is 6.54 Å². The summed E-state index contributed by atoms with van der Waals surface area (Å²) in [6.45, 7) is 3.77. The van der Waals surface area contributed by atoms with Crippen molar-refractivity contribution < 1.29 is 14.4 Å². The molecule has 14 heavy (non-hydrogen) atoms. The second-order valence-electron chi connectivity index (χ2n) is 2.90. The van der Waals surface area contributed by atoms with E-state index in [9.17, 15) is 4.79 Å². The first-order valence-electron chi connectivity index (χ1n) is 4.41. The van der Waals surface area contributed by atoms with Crippen molar-refractivity contribution >= 4 is 5.97 Å². The summed E-state index contributed by atoms with van der Waals surface area (Å²) in [5.74, 6) is 0.143. The van der Waals surface area contributed by atoms with E-state index in [1.807, 2.05) is 6.92 Å². The fraction of sp³-hybridized carbons (Fsp3) is 0.625. The molecule has 0 spiro atoms. The van der Waals surface area contributed by atoms with Gasteiger partial charge in [-0.05, 0) is 6.92 Å². The molecule has 0 aromatic carbocycles. The zero-order chi connectivity index (χ0) is 10.6. The number of carboxylic acids is 1. The van der Waals surface area contributed by atoms with Crippen molar-refractivity contribution in [1.82, 2.24) is 15.5 Å². The molecular formula is C8H13N3O3. The maximum atomic E-state index is 10.5. The van der Waals surface area contributed by atoms with E-state index in [0.29, 0.717) is 24.7 Å². The number of hydrogen-bond donors (Lipinski definition) is 2. The molecule has 0 aliphatic rings. The number of nitrogens with zero attached hydrogens (tertiary/aromatic N) is 2. The summed E-state index contributed by atoms with van der Waals surface area (Å²) in [5, 5.41) is 15.0. The smallest absolute Gasteiger partial charge is 0.320 e. The van der Waals surface area contributed by atoms with E-state index in [1.165, 1.54) is 0 Å². The molecule has 6 heteroatoms. The second kappa shape index (κ2) is 4.71. The highest BCUT2D eigenvalue weighted by Crippen LogP contribution is 1.97. The number of aryl methyl sites for hydroxylation is 1. The van der Waals surface area contributed by atoms with Crippen molar-refractivity contribution in [1.29, 1.82) is 0 Å². The van der Waals surface area contributed by atoms with Gasteiger partial charge in [0.2, 0.25) is 5.89 Å². The normalized spacial score (nSPS) is 12.7. The fourth-order valence-electron chi connectivity index (χ4n) is 0.837. The van der Waals surface area contributed by atoms with Gasteiger partial charge in [0.1, 0.15) is 6.04 Å². The molecule has 0 saturated heterocycles. The first-order chi connectivity index (χ1) is 6.63. The van der Waals surface area contributed by atoms with Gasteiger partial charge < -0.3 is 9.63 Å². The van der Waals surface area contributed by atoms with Crippen molar-refractivity contribution in [3.63, 3.8) is 0 Å². The Bertz CT molecular complexity index is 311. The molecular weight excluding hydrogens is 186 g/mol. The summed E-state index contributed by atoms with van der Waals surface area (Å²) in [6, 6.07) is -0.612. The standard InChI is InChI=1S/C8H13N3O3/c1-3-7-10-6(11-14-7)4-9-5(2)8(12)13/h5,9H,3-4H2,1-2H3,(H,12,13)/t5-/m1/s1. The molecule has 1 aromatic rings. The van der Waals surface area contributed by atoms with Gasteiger partial charge in [-0.2, -0.15) is 4.98 Å². The van der Waals surface area contributed by atoms with E-state index >= 15 is 0 Å². The maximum absolute atomic E-state index is 10.5. The first kappa shape index (κ1) is 10.6. The maximum Gasteiger partial charge on any atom is 0.320 e. The molecule has 0 aliphatic carbocycles. The van der Waals surface area contributed by atoms with Crippen LogP contribution in [0.2, 0.25) is 0 Å². The van der Waals surface area contributed by atoms with E-state index in [0.717, 1.165) is 0 Å². The van der Waals surface area contributed by atoms with Gasteiger partial charge in [0.15, 0.2) is 5.82 Å². The summed E-state index contributed by atoms with van der Waals surface area (Å²) in [7, 11) is 0. The highest BCUT2D eigenvalue weighted by Gasteiger charge is 2.11.